The second kappa shape index (κ2) is 9.39. The van der Waals surface area contributed by atoms with E-state index in [4.69, 9.17) is 9.47 Å². The largest absolute Gasteiger partial charge is 0.497 e. The lowest BCUT2D eigenvalue weighted by atomic mass is 9.89. The summed E-state index contributed by atoms with van der Waals surface area (Å²) in [6.07, 6.45) is 2.66. The molecule has 152 valence electrons. The number of hydrogen-bond acceptors (Lipinski definition) is 7. The molecule has 0 saturated heterocycles. The molecule has 0 fully saturated rings. The SMILES string of the molecule is COc1ccc(-n2nnnc2SC[C@@H](O)CO[C@H]2CCCc3ccccc32)cc1. The Morgan fingerprint density at radius 1 is 1.21 bits per heavy atom. The predicted molar refractivity (Wildman–Crippen MR) is 111 cm³/mol. The predicted octanol–water partition coefficient (Wildman–Crippen LogP) is 3.22. The Morgan fingerprint density at radius 3 is 2.86 bits per heavy atom. The van der Waals surface area contributed by atoms with E-state index in [9.17, 15) is 5.11 Å². The van der Waals surface area contributed by atoms with Gasteiger partial charge in [0.05, 0.1) is 31.6 Å². The van der Waals surface area contributed by atoms with Crippen LogP contribution >= 0.6 is 11.8 Å². The van der Waals surface area contributed by atoms with Gasteiger partial charge in [0, 0.05) is 5.75 Å². The molecule has 1 aliphatic rings. The van der Waals surface area contributed by atoms with Crippen molar-refractivity contribution in [3.05, 3.63) is 59.7 Å². The number of fused-ring (bicyclic) bond motifs is 1. The van der Waals surface area contributed by atoms with Gasteiger partial charge in [0.2, 0.25) is 5.16 Å². The van der Waals surface area contributed by atoms with Gasteiger partial charge in [-0.1, -0.05) is 36.0 Å². The molecule has 0 bridgehead atoms. The molecule has 0 amide bonds. The van der Waals surface area contributed by atoms with Crippen molar-refractivity contribution >= 4 is 11.8 Å². The van der Waals surface area contributed by atoms with Gasteiger partial charge < -0.3 is 14.6 Å². The Hall–Kier alpha value is -2.42. The van der Waals surface area contributed by atoms with E-state index in [1.165, 1.54) is 22.9 Å². The Bertz CT molecular complexity index is 932. The summed E-state index contributed by atoms with van der Waals surface area (Å²) in [6.45, 7) is 0.288. The highest BCUT2D eigenvalue weighted by atomic mass is 32.2. The van der Waals surface area contributed by atoms with Crippen molar-refractivity contribution in [2.75, 3.05) is 19.5 Å². The van der Waals surface area contributed by atoms with Gasteiger partial charge in [-0.2, -0.15) is 4.68 Å². The van der Waals surface area contributed by atoms with Gasteiger partial charge in [0.15, 0.2) is 0 Å². The molecule has 1 heterocycles. The first-order valence-corrected chi connectivity index (χ1v) is 10.7. The number of rotatable bonds is 8. The second-order valence-electron chi connectivity index (χ2n) is 6.95. The quantitative estimate of drug-likeness (QED) is 0.569. The van der Waals surface area contributed by atoms with Crippen molar-refractivity contribution in [2.45, 2.75) is 36.6 Å². The fourth-order valence-corrected chi connectivity index (χ4v) is 4.28. The van der Waals surface area contributed by atoms with E-state index >= 15 is 0 Å². The van der Waals surface area contributed by atoms with E-state index in [0.717, 1.165) is 30.7 Å². The van der Waals surface area contributed by atoms with Crippen molar-refractivity contribution in [2.24, 2.45) is 0 Å². The molecule has 3 aromatic rings. The summed E-state index contributed by atoms with van der Waals surface area (Å²) in [5.74, 6) is 1.22. The summed E-state index contributed by atoms with van der Waals surface area (Å²) in [5.41, 5.74) is 3.44. The highest BCUT2D eigenvalue weighted by molar-refractivity contribution is 7.99. The molecule has 2 aromatic carbocycles. The lowest BCUT2D eigenvalue weighted by Crippen LogP contribution is -2.22. The number of aliphatic hydroxyl groups is 1. The zero-order valence-electron chi connectivity index (χ0n) is 16.3. The van der Waals surface area contributed by atoms with Crippen LogP contribution in [-0.4, -0.2) is 50.9 Å². The number of ether oxygens (including phenoxy) is 2. The first kappa shape index (κ1) is 19.9. The second-order valence-corrected chi connectivity index (χ2v) is 7.94. The maximum absolute atomic E-state index is 10.4. The molecule has 0 radical (unpaired) electrons. The summed E-state index contributed by atoms with van der Waals surface area (Å²) in [5, 5.41) is 22.9. The minimum atomic E-state index is -0.602. The summed E-state index contributed by atoms with van der Waals surface area (Å²) < 4.78 is 12.9. The monoisotopic (exact) mass is 412 g/mol. The molecular formula is C21H24N4O3S. The van der Waals surface area contributed by atoms with E-state index in [-0.39, 0.29) is 12.7 Å². The van der Waals surface area contributed by atoms with E-state index in [1.54, 1.807) is 11.8 Å². The average molecular weight is 413 g/mol. The third-order valence-corrected chi connectivity index (χ3v) is 6.03. The van der Waals surface area contributed by atoms with Crippen LogP contribution in [0, 0.1) is 0 Å². The number of methoxy groups -OCH3 is 1. The highest BCUT2D eigenvalue weighted by Crippen LogP contribution is 2.32. The first-order chi connectivity index (χ1) is 14.2. The Kier molecular flexibility index (Phi) is 6.43. The smallest absolute Gasteiger partial charge is 0.214 e. The third kappa shape index (κ3) is 4.77. The molecule has 7 nitrogen and oxygen atoms in total. The normalized spacial score (nSPS) is 17.0. The standard InChI is InChI=1S/C21H24N4O3S/c1-27-18-11-9-16(10-12-18)25-21(22-23-24-25)29-14-17(26)13-28-20-8-4-6-15-5-2-3-7-19(15)20/h2-3,5,7,9-12,17,20,26H,4,6,8,13-14H2,1H3/t17-,20-/m0/s1. The van der Waals surface area contributed by atoms with Crippen LogP contribution in [0.1, 0.15) is 30.1 Å². The molecule has 2 atom stereocenters. The van der Waals surface area contributed by atoms with Crippen LogP contribution in [0.25, 0.3) is 5.69 Å². The zero-order valence-corrected chi connectivity index (χ0v) is 17.1. The summed E-state index contributed by atoms with van der Waals surface area (Å²) in [6, 6.07) is 15.9. The van der Waals surface area contributed by atoms with Gasteiger partial charge in [-0.25, -0.2) is 0 Å². The molecule has 29 heavy (non-hydrogen) atoms. The van der Waals surface area contributed by atoms with Crippen molar-refractivity contribution in [1.82, 2.24) is 20.2 Å². The lowest BCUT2D eigenvalue weighted by Gasteiger charge is -2.26. The molecular weight excluding hydrogens is 388 g/mol. The maximum atomic E-state index is 10.4. The van der Waals surface area contributed by atoms with E-state index < -0.39 is 6.10 Å². The minimum Gasteiger partial charge on any atom is -0.497 e. The van der Waals surface area contributed by atoms with Gasteiger partial charge in [-0.15, -0.1) is 5.10 Å². The van der Waals surface area contributed by atoms with E-state index in [2.05, 4.69) is 33.7 Å². The van der Waals surface area contributed by atoms with Gasteiger partial charge in [0.25, 0.3) is 0 Å². The molecule has 1 N–H and O–H groups in total. The van der Waals surface area contributed by atoms with Crippen molar-refractivity contribution < 1.29 is 14.6 Å². The first-order valence-electron chi connectivity index (χ1n) is 9.67. The lowest BCUT2D eigenvalue weighted by molar-refractivity contribution is -0.00960. The van der Waals surface area contributed by atoms with Gasteiger partial charge in [-0.3, -0.25) is 0 Å². The fraction of sp³-hybridized carbons (Fsp3) is 0.381. The molecule has 4 rings (SSSR count). The van der Waals surface area contributed by atoms with Gasteiger partial charge in [0.1, 0.15) is 5.75 Å². The van der Waals surface area contributed by atoms with Gasteiger partial charge >= 0.3 is 0 Å². The van der Waals surface area contributed by atoms with Gasteiger partial charge in [-0.05, 0) is 65.1 Å². The highest BCUT2D eigenvalue weighted by Gasteiger charge is 2.21. The molecule has 1 aliphatic carbocycles. The van der Waals surface area contributed by atoms with Crippen LogP contribution in [0.4, 0.5) is 0 Å². The molecule has 0 unspecified atom stereocenters. The third-order valence-electron chi connectivity index (χ3n) is 4.97. The Morgan fingerprint density at radius 2 is 2.03 bits per heavy atom. The molecule has 1 aromatic heterocycles. The number of hydrogen-bond donors (Lipinski definition) is 1. The number of aryl methyl sites for hydroxylation is 1. The van der Waals surface area contributed by atoms with Crippen LogP contribution in [-0.2, 0) is 11.2 Å². The number of aromatic nitrogens is 4. The Balaban J connectivity index is 1.32. The maximum Gasteiger partial charge on any atom is 0.214 e. The van der Waals surface area contributed by atoms with E-state index in [1.807, 2.05) is 30.3 Å². The molecule has 0 saturated carbocycles. The molecule has 0 aliphatic heterocycles. The Labute approximate surface area is 174 Å². The zero-order chi connectivity index (χ0) is 20.1. The average Bonchev–Trinajstić information content (AvgIpc) is 3.25. The van der Waals surface area contributed by atoms with Crippen LogP contribution < -0.4 is 4.74 Å². The van der Waals surface area contributed by atoms with E-state index in [0.29, 0.717) is 10.9 Å². The summed E-state index contributed by atoms with van der Waals surface area (Å²) >= 11 is 1.40. The number of nitrogens with zero attached hydrogens (tertiary/aromatic N) is 4. The number of tetrazole rings is 1. The van der Waals surface area contributed by atoms with Crippen LogP contribution in [0.15, 0.2) is 53.7 Å². The van der Waals surface area contributed by atoms with Crippen molar-refractivity contribution in [3.63, 3.8) is 0 Å². The molecule has 8 heteroatoms. The number of thioether (sulfide) groups is 1. The van der Waals surface area contributed by atoms with Crippen LogP contribution in [0.5, 0.6) is 5.75 Å². The van der Waals surface area contributed by atoms with Crippen molar-refractivity contribution in [1.29, 1.82) is 0 Å². The summed E-state index contributed by atoms with van der Waals surface area (Å²) in [4.78, 5) is 0. The summed E-state index contributed by atoms with van der Waals surface area (Å²) in [7, 11) is 1.63. The van der Waals surface area contributed by atoms with Crippen molar-refractivity contribution in [3.8, 4) is 11.4 Å². The minimum absolute atomic E-state index is 0.0595. The molecule has 0 spiro atoms. The topological polar surface area (TPSA) is 82.3 Å². The fourth-order valence-electron chi connectivity index (χ4n) is 3.48. The van der Waals surface area contributed by atoms with Crippen LogP contribution in [0.2, 0.25) is 0 Å². The number of benzene rings is 2. The number of aliphatic hydroxyl groups excluding tert-OH is 1. The van der Waals surface area contributed by atoms with Crippen LogP contribution in [0.3, 0.4) is 0 Å².